The molecule has 0 saturated carbocycles. The number of primary amides is 1. The summed E-state index contributed by atoms with van der Waals surface area (Å²) >= 11 is 0. The summed E-state index contributed by atoms with van der Waals surface area (Å²) in [5, 5.41) is 8.63. The van der Waals surface area contributed by atoms with Crippen LogP contribution < -0.4 is 5.73 Å². The van der Waals surface area contributed by atoms with E-state index in [0.717, 1.165) is 51.3 Å². The summed E-state index contributed by atoms with van der Waals surface area (Å²) in [6.07, 6.45) is 6.50. The number of amides is 1. The van der Waals surface area contributed by atoms with Gasteiger partial charge in [-0.3, -0.25) is 14.4 Å². The average molecular weight is 334 g/mol. The number of hydrogen-bond acceptors (Lipinski definition) is 5. The Labute approximate surface area is 144 Å². The van der Waals surface area contributed by atoms with Gasteiger partial charge < -0.3 is 10.6 Å². The predicted molar refractivity (Wildman–Crippen MR) is 92.1 cm³/mol. The molecule has 2 saturated heterocycles. The molecule has 0 aliphatic carbocycles. The van der Waals surface area contributed by atoms with Crippen LogP contribution in [0.25, 0.3) is 0 Å². The van der Waals surface area contributed by atoms with E-state index in [1.165, 1.54) is 25.9 Å². The SMILES string of the molecule is CCN1CCC(Cn2cc(CN3CCC[C@H](C(N)=O)C3)nn2)CC1. The van der Waals surface area contributed by atoms with Crippen molar-refractivity contribution in [2.75, 3.05) is 32.7 Å². The van der Waals surface area contributed by atoms with E-state index < -0.39 is 0 Å². The van der Waals surface area contributed by atoms with E-state index in [4.69, 9.17) is 5.73 Å². The molecule has 134 valence electrons. The fourth-order valence-electron chi connectivity index (χ4n) is 3.91. The zero-order valence-electron chi connectivity index (χ0n) is 14.7. The van der Waals surface area contributed by atoms with Gasteiger partial charge in [-0.15, -0.1) is 5.10 Å². The molecule has 7 heteroatoms. The summed E-state index contributed by atoms with van der Waals surface area (Å²) in [5.74, 6) is 0.510. The molecule has 1 atom stereocenters. The number of nitrogens with zero attached hydrogens (tertiary/aromatic N) is 5. The lowest BCUT2D eigenvalue weighted by molar-refractivity contribution is -0.123. The van der Waals surface area contributed by atoms with Crippen LogP contribution in [0.4, 0.5) is 0 Å². The summed E-state index contributed by atoms with van der Waals surface area (Å²) < 4.78 is 2.00. The zero-order chi connectivity index (χ0) is 16.9. The van der Waals surface area contributed by atoms with Crippen molar-refractivity contribution in [1.29, 1.82) is 0 Å². The minimum Gasteiger partial charge on any atom is -0.369 e. The Morgan fingerprint density at radius 2 is 2.04 bits per heavy atom. The maximum absolute atomic E-state index is 11.4. The van der Waals surface area contributed by atoms with Gasteiger partial charge in [0.25, 0.3) is 0 Å². The predicted octanol–water partition coefficient (Wildman–Crippen LogP) is 0.707. The van der Waals surface area contributed by atoms with E-state index in [9.17, 15) is 4.79 Å². The number of nitrogens with two attached hydrogens (primary N) is 1. The minimum atomic E-state index is -0.179. The lowest BCUT2D eigenvalue weighted by Crippen LogP contribution is -2.40. The fraction of sp³-hybridized carbons (Fsp3) is 0.824. The number of rotatable bonds is 6. The average Bonchev–Trinajstić information content (AvgIpc) is 3.02. The lowest BCUT2D eigenvalue weighted by Gasteiger charge is -2.30. The molecular formula is C17H30N6O. The van der Waals surface area contributed by atoms with Gasteiger partial charge in [-0.2, -0.15) is 0 Å². The zero-order valence-corrected chi connectivity index (χ0v) is 14.7. The highest BCUT2D eigenvalue weighted by Crippen LogP contribution is 2.20. The van der Waals surface area contributed by atoms with Crippen molar-refractivity contribution in [1.82, 2.24) is 24.8 Å². The molecular weight excluding hydrogens is 304 g/mol. The molecule has 0 bridgehead atoms. The highest BCUT2D eigenvalue weighted by atomic mass is 16.1. The Morgan fingerprint density at radius 1 is 1.25 bits per heavy atom. The first-order valence-corrected chi connectivity index (χ1v) is 9.27. The highest BCUT2D eigenvalue weighted by Gasteiger charge is 2.24. The first-order chi connectivity index (χ1) is 11.6. The number of aromatic nitrogens is 3. The van der Waals surface area contributed by atoms with Gasteiger partial charge in [-0.1, -0.05) is 12.1 Å². The summed E-state index contributed by atoms with van der Waals surface area (Å²) in [7, 11) is 0. The monoisotopic (exact) mass is 334 g/mol. The van der Waals surface area contributed by atoms with Crippen LogP contribution in [0.15, 0.2) is 6.20 Å². The summed E-state index contributed by atoms with van der Waals surface area (Å²) in [4.78, 5) is 16.2. The Balaban J connectivity index is 1.48. The fourth-order valence-corrected chi connectivity index (χ4v) is 3.91. The molecule has 0 aromatic carbocycles. The van der Waals surface area contributed by atoms with Crippen molar-refractivity contribution in [2.24, 2.45) is 17.6 Å². The van der Waals surface area contributed by atoms with Gasteiger partial charge in [0.05, 0.1) is 11.6 Å². The number of carbonyl (C=O) groups excluding carboxylic acids is 1. The van der Waals surface area contributed by atoms with E-state index in [1.807, 2.05) is 4.68 Å². The molecule has 1 aromatic rings. The Kier molecular flexibility index (Phi) is 5.84. The van der Waals surface area contributed by atoms with Crippen molar-refractivity contribution in [3.8, 4) is 0 Å². The van der Waals surface area contributed by atoms with E-state index in [1.54, 1.807) is 0 Å². The van der Waals surface area contributed by atoms with Crippen LogP contribution >= 0.6 is 0 Å². The third-order valence-electron chi connectivity index (χ3n) is 5.48. The number of hydrogen-bond donors (Lipinski definition) is 1. The van der Waals surface area contributed by atoms with E-state index >= 15 is 0 Å². The number of piperidine rings is 2. The van der Waals surface area contributed by atoms with Gasteiger partial charge in [-0.05, 0) is 57.8 Å². The second-order valence-corrected chi connectivity index (χ2v) is 7.29. The molecule has 1 aromatic heterocycles. The molecule has 2 aliphatic heterocycles. The van der Waals surface area contributed by atoms with Crippen molar-refractivity contribution < 1.29 is 4.79 Å². The Bertz CT molecular complexity index is 537. The van der Waals surface area contributed by atoms with Crippen LogP contribution in [0, 0.1) is 11.8 Å². The van der Waals surface area contributed by atoms with Gasteiger partial charge in [-0.25, -0.2) is 0 Å². The molecule has 2 N–H and O–H groups in total. The second kappa shape index (κ2) is 8.07. The van der Waals surface area contributed by atoms with Crippen LogP contribution in [0.3, 0.4) is 0 Å². The Morgan fingerprint density at radius 3 is 2.75 bits per heavy atom. The smallest absolute Gasteiger partial charge is 0.221 e. The van der Waals surface area contributed by atoms with Crippen LogP contribution in [0.1, 0.15) is 38.3 Å². The molecule has 7 nitrogen and oxygen atoms in total. The molecule has 3 rings (SSSR count). The van der Waals surface area contributed by atoms with Crippen LogP contribution in [0.5, 0.6) is 0 Å². The van der Waals surface area contributed by atoms with Gasteiger partial charge in [0.15, 0.2) is 0 Å². The summed E-state index contributed by atoms with van der Waals surface area (Å²) in [6, 6.07) is 0. The van der Waals surface area contributed by atoms with Crippen molar-refractivity contribution in [3.63, 3.8) is 0 Å². The molecule has 1 amide bonds. The Hall–Kier alpha value is -1.47. The quantitative estimate of drug-likeness (QED) is 0.829. The number of carbonyl (C=O) groups is 1. The molecule has 0 unspecified atom stereocenters. The van der Waals surface area contributed by atoms with Crippen molar-refractivity contribution in [3.05, 3.63) is 11.9 Å². The first-order valence-electron chi connectivity index (χ1n) is 9.27. The summed E-state index contributed by atoms with van der Waals surface area (Å²) in [5.41, 5.74) is 6.44. The van der Waals surface area contributed by atoms with Gasteiger partial charge in [0.2, 0.25) is 5.91 Å². The van der Waals surface area contributed by atoms with Gasteiger partial charge in [0, 0.05) is 25.8 Å². The third kappa shape index (κ3) is 4.54. The van der Waals surface area contributed by atoms with Gasteiger partial charge in [0.1, 0.15) is 0 Å². The third-order valence-corrected chi connectivity index (χ3v) is 5.48. The van der Waals surface area contributed by atoms with E-state index in [2.05, 4.69) is 33.2 Å². The molecule has 2 fully saturated rings. The molecule has 2 aliphatic rings. The van der Waals surface area contributed by atoms with Gasteiger partial charge >= 0.3 is 0 Å². The maximum Gasteiger partial charge on any atom is 0.221 e. The minimum absolute atomic E-state index is 0.0162. The lowest BCUT2D eigenvalue weighted by atomic mass is 9.97. The maximum atomic E-state index is 11.4. The number of likely N-dealkylation sites (tertiary alicyclic amines) is 2. The molecule has 0 radical (unpaired) electrons. The van der Waals surface area contributed by atoms with Crippen LogP contribution in [0.2, 0.25) is 0 Å². The molecule has 0 spiro atoms. The molecule has 3 heterocycles. The summed E-state index contributed by atoms with van der Waals surface area (Å²) in [6.45, 7) is 9.27. The molecule has 24 heavy (non-hydrogen) atoms. The van der Waals surface area contributed by atoms with E-state index in [-0.39, 0.29) is 11.8 Å². The van der Waals surface area contributed by atoms with Crippen LogP contribution in [-0.2, 0) is 17.9 Å². The van der Waals surface area contributed by atoms with Crippen LogP contribution in [-0.4, -0.2) is 63.4 Å². The highest BCUT2D eigenvalue weighted by molar-refractivity contribution is 5.76. The topological polar surface area (TPSA) is 80.3 Å². The van der Waals surface area contributed by atoms with Crippen molar-refractivity contribution >= 4 is 5.91 Å². The standard InChI is InChI=1S/C17H30N6O/c1-2-21-8-5-14(6-9-21)10-23-13-16(19-20-23)12-22-7-3-4-15(11-22)17(18)24/h13-15H,2-12H2,1H3,(H2,18,24)/t15-/m0/s1. The van der Waals surface area contributed by atoms with Crippen molar-refractivity contribution in [2.45, 2.75) is 45.7 Å². The normalized spacial score (nSPS) is 24.3. The largest absolute Gasteiger partial charge is 0.369 e. The second-order valence-electron chi connectivity index (χ2n) is 7.29. The first kappa shape index (κ1) is 17.4. The van der Waals surface area contributed by atoms with E-state index in [0.29, 0.717) is 5.92 Å².